The number of anilines is 2. The van der Waals surface area contributed by atoms with Crippen molar-refractivity contribution in [2.45, 2.75) is 19.5 Å². The molecule has 2 aliphatic rings. The maximum absolute atomic E-state index is 12.1. The molecule has 6 nitrogen and oxygen atoms in total. The maximum Gasteiger partial charge on any atom is 0.268 e. The molecule has 0 radical (unpaired) electrons. The minimum atomic E-state index is -0.0959. The van der Waals surface area contributed by atoms with E-state index in [1.807, 2.05) is 31.1 Å². The number of hydrogen-bond acceptors (Lipinski definition) is 5. The van der Waals surface area contributed by atoms with Crippen molar-refractivity contribution in [2.24, 2.45) is 4.99 Å². The first kappa shape index (κ1) is 17.4. The zero-order chi connectivity index (χ0) is 19.1. The van der Waals surface area contributed by atoms with Crippen molar-refractivity contribution in [1.82, 2.24) is 4.90 Å². The molecule has 2 aromatic rings. The second-order valence-corrected chi connectivity index (χ2v) is 7.18. The Labute approximate surface area is 159 Å². The van der Waals surface area contributed by atoms with Gasteiger partial charge in [-0.15, -0.1) is 0 Å². The van der Waals surface area contributed by atoms with Crippen LogP contribution in [0.25, 0.3) is 0 Å². The molecule has 0 saturated carbocycles. The fourth-order valence-electron chi connectivity index (χ4n) is 3.70. The molecule has 140 valence electrons. The number of ether oxygens (including phenoxy) is 1. The van der Waals surface area contributed by atoms with E-state index >= 15 is 0 Å². The number of rotatable bonds is 4. The molecule has 2 aromatic carbocycles. The van der Waals surface area contributed by atoms with Crippen molar-refractivity contribution in [3.05, 3.63) is 53.6 Å². The van der Waals surface area contributed by atoms with Gasteiger partial charge < -0.3 is 19.4 Å². The third kappa shape index (κ3) is 3.01. The third-order valence-corrected chi connectivity index (χ3v) is 5.26. The minimum Gasteiger partial charge on any atom is -0.497 e. The van der Waals surface area contributed by atoms with Crippen molar-refractivity contribution in [3.63, 3.8) is 0 Å². The summed E-state index contributed by atoms with van der Waals surface area (Å²) in [4.78, 5) is 22.8. The summed E-state index contributed by atoms with van der Waals surface area (Å²) < 4.78 is 5.25. The second kappa shape index (κ2) is 6.61. The first-order chi connectivity index (χ1) is 13.0. The summed E-state index contributed by atoms with van der Waals surface area (Å²) in [5, 5.41) is 0. The molecular weight excluding hydrogens is 340 g/mol. The molecule has 0 aromatic heterocycles. The monoisotopic (exact) mass is 364 g/mol. The van der Waals surface area contributed by atoms with Gasteiger partial charge in [0.2, 0.25) is 5.96 Å². The Morgan fingerprint density at radius 3 is 2.59 bits per heavy atom. The topological polar surface area (TPSA) is 48.4 Å². The van der Waals surface area contributed by atoms with Crippen LogP contribution in [-0.2, 0) is 11.3 Å². The summed E-state index contributed by atoms with van der Waals surface area (Å²) in [6.45, 7) is 3.15. The largest absolute Gasteiger partial charge is 0.497 e. The van der Waals surface area contributed by atoms with Crippen LogP contribution in [0, 0.1) is 0 Å². The first-order valence-corrected chi connectivity index (χ1v) is 9.08. The lowest BCUT2D eigenvalue weighted by Gasteiger charge is -2.42. The summed E-state index contributed by atoms with van der Waals surface area (Å²) in [6.07, 6.45) is 0. The van der Waals surface area contributed by atoms with E-state index in [9.17, 15) is 4.79 Å². The number of benzene rings is 2. The predicted molar refractivity (Wildman–Crippen MR) is 108 cm³/mol. The Hall–Kier alpha value is -3.02. The van der Waals surface area contributed by atoms with Crippen LogP contribution in [0.1, 0.15) is 24.1 Å². The highest BCUT2D eigenvalue weighted by molar-refractivity contribution is 6.13. The molecular formula is C21H24N4O2. The van der Waals surface area contributed by atoms with Gasteiger partial charge in [-0.05, 0) is 42.8 Å². The Morgan fingerprint density at radius 2 is 1.93 bits per heavy atom. The Bertz CT molecular complexity index is 905. The van der Waals surface area contributed by atoms with Gasteiger partial charge in [-0.3, -0.25) is 4.79 Å². The molecule has 4 rings (SSSR count). The fraction of sp³-hybridized carbons (Fsp3) is 0.333. The average molecular weight is 364 g/mol. The summed E-state index contributed by atoms with van der Waals surface area (Å²) in [7, 11) is 5.74. The number of carbonyl (C=O) groups excluding carboxylic acids is 1. The lowest BCUT2D eigenvalue weighted by Crippen LogP contribution is -2.47. The number of carbonyl (C=O) groups is 1. The summed E-state index contributed by atoms with van der Waals surface area (Å²) in [5.41, 5.74) is 4.58. The van der Waals surface area contributed by atoms with E-state index < -0.39 is 0 Å². The molecule has 2 heterocycles. The number of aliphatic imine (C=N–C) groups is 1. The van der Waals surface area contributed by atoms with Crippen LogP contribution < -0.4 is 14.5 Å². The fourth-order valence-corrected chi connectivity index (χ4v) is 3.70. The van der Waals surface area contributed by atoms with Gasteiger partial charge in [-0.2, -0.15) is 4.99 Å². The molecule has 1 unspecified atom stereocenters. The van der Waals surface area contributed by atoms with Crippen LogP contribution in [0.4, 0.5) is 11.4 Å². The van der Waals surface area contributed by atoms with E-state index in [2.05, 4.69) is 52.0 Å². The smallest absolute Gasteiger partial charge is 0.268 e. The molecule has 2 aliphatic heterocycles. The van der Waals surface area contributed by atoms with Crippen LogP contribution in [0.15, 0.2) is 47.5 Å². The number of hydrogen-bond donors (Lipinski definition) is 0. The minimum absolute atomic E-state index is 0.0959. The van der Waals surface area contributed by atoms with Crippen molar-refractivity contribution in [3.8, 4) is 5.75 Å². The van der Waals surface area contributed by atoms with E-state index in [1.165, 1.54) is 5.56 Å². The van der Waals surface area contributed by atoms with Gasteiger partial charge >= 0.3 is 0 Å². The van der Waals surface area contributed by atoms with E-state index in [4.69, 9.17) is 4.74 Å². The standard InChI is InChI=1S/C21H24N4O2/c1-14-18-11-16(23(2)3)7-10-19(18)25-13-20(26)22-21(25)24(14)12-15-5-8-17(27-4)9-6-15/h5-11,14H,12-13H2,1-4H3. The molecule has 0 fully saturated rings. The van der Waals surface area contributed by atoms with Crippen molar-refractivity contribution >= 4 is 23.2 Å². The lowest BCUT2D eigenvalue weighted by molar-refractivity contribution is -0.115. The van der Waals surface area contributed by atoms with Gasteiger partial charge in [0.25, 0.3) is 5.91 Å². The van der Waals surface area contributed by atoms with E-state index in [-0.39, 0.29) is 11.9 Å². The van der Waals surface area contributed by atoms with Crippen LogP contribution >= 0.6 is 0 Å². The molecule has 0 bridgehead atoms. The number of amides is 1. The third-order valence-electron chi connectivity index (χ3n) is 5.26. The molecule has 0 spiro atoms. The van der Waals surface area contributed by atoms with Crippen molar-refractivity contribution in [2.75, 3.05) is 37.5 Å². The molecule has 0 saturated heterocycles. The normalized spacial score (nSPS) is 18.1. The molecule has 6 heteroatoms. The quantitative estimate of drug-likeness (QED) is 0.835. The highest BCUT2D eigenvalue weighted by atomic mass is 16.5. The molecule has 0 aliphatic carbocycles. The van der Waals surface area contributed by atoms with Gasteiger partial charge in [-0.25, -0.2) is 0 Å². The van der Waals surface area contributed by atoms with Crippen LogP contribution in [0.5, 0.6) is 5.75 Å². The summed E-state index contributed by atoms with van der Waals surface area (Å²) in [6, 6.07) is 14.5. The van der Waals surface area contributed by atoms with Crippen LogP contribution in [0.2, 0.25) is 0 Å². The average Bonchev–Trinajstić information content (AvgIpc) is 3.06. The zero-order valence-corrected chi connectivity index (χ0v) is 16.1. The van der Waals surface area contributed by atoms with Gasteiger partial charge in [-0.1, -0.05) is 12.1 Å². The van der Waals surface area contributed by atoms with Gasteiger partial charge in [0.1, 0.15) is 12.3 Å². The summed E-state index contributed by atoms with van der Waals surface area (Å²) in [5.74, 6) is 1.48. The van der Waals surface area contributed by atoms with Crippen LogP contribution in [0.3, 0.4) is 0 Å². The molecule has 0 N–H and O–H groups in total. The Morgan fingerprint density at radius 1 is 1.19 bits per heavy atom. The highest BCUT2D eigenvalue weighted by Crippen LogP contribution is 2.40. The SMILES string of the molecule is COc1ccc(CN2C3=NC(=O)CN3c3ccc(N(C)C)cc3C2C)cc1. The Balaban J connectivity index is 1.73. The number of guanidine groups is 1. The zero-order valence-electron chi connectivity index (χ0n) is 16.1. The number of methoxy groups -OCH3 is 1. The predicted octanol–water partition coefficient (Wildman–Crippen LogP) is 3.04. The van der Waals surface area contributed by atoms with E-state index in [0.717, 1.165) is 28.6 Å². The van der Waals surface area contributed by atoms with Gasteiger partial charge in [0.15, 0.2) is 0 Å². The van der Waals surface area contributed by atoms with Gasteiger partial charge in [0, 0.05) is 37.6 Å². The Kier molecular flexibility index (Phi) is 4.26. The molecule has 27 heavy (non-hydrogen) atoms. The number of nitrogens with zero attached hydrogens (tertiary/aromatic N) is 4. The van der Waals surface area contributed by atoms with Crippen molar-refractivity contribution < 1.29 is 9.53 Å². The van der Waals surface area contributed by atoms with E-state index in [1.54, 1.807) is 7.11 Å². The maximum atomic E-state index is 12.1. The van der Waals surface area contributed by atoms with E-state index in [0.29, 0.717) is 13.1 Å². The van der Waals surface area contributed by atoms with Crippen LogP contribution in [-0.4, -0.2) is 44.5 Å². The van der Waals surface area contributed by atoms with Crippen molar-refractivity contribution in [1.29, 1.82) is 0 Å². The molecule has 1 atom stereocenters. The summed E-state index contributed by atoms with van der Waals surface area (Å²) >= 11 is 0. The molecule has 1 amide bonds. The second-order valence-electron chi connectivity index (χ2n) is 7.18. The first-order valence-electron chi connectivity index (χ1n) is 9.08. The van der Waals surface area contributed by atoms with Gasteiger partial charge in [0.05, 0.1) is 13.2 Å². The number of fused-ring (bicyclic) bond motifs is 3. The lowest BCUT2D eigenvalue weighted by atomic mass is 9.99. The highest BCUT2D eigenvalue weighted by Gasteiger charge is 2.38.